The van der Waals surface area contributed by atoms with Crippen LogP contribution in [0.2, 0.25) is 0 Å². The van der Waals surface area contributed by atoms with Gasteiger partial charge in [0.1, 0.15) is 12.1 Å². The molecule has 1 aliphatic carbocycles. The van der Waals surface area contributed by atoms with Gasteiger partial charge in [-0.2, -0.15) is 5.10 Å². The lowest BCUT2D eigenvalue weighted by Crippen LogP contribution is -2.33. The maximum atomic E-state index is 14.2. The smallest absolute Gasteiger partial charge is 0.257 e. The van der Waals surface area contributed by atoms with Crippen molar-refractivity contribution in [3.63, 3.8) is 0 Å². The number of halogens is 1. The van der Waals surface area contributed by atoms with Gasteiger partial charge in [0, 0.05) is 56.6 Å². The highest BCUT2D eigenvalue weighted by Gasteiger charge is 2.37. The summed E-state index contributed by atoms with van der Waals surface area (Å²) in [5.41, 5.74) is 3.34. The summed E-state index contributed by atoms with van der Waals surface area (Å²) in [5.74, 6) is -0.0410. The SMILES string of the molecule is CCC1\C=C(c2cnn(C)c2)/N=C\C(C)=C(/C(=O)Nc2cc(NC)ccc2F)C=N1.O=CCN1CC2CCC1C2. The Bertz CT molecular complexity index is 1340. The van der Waals surface area contributed by atoms with Gasteiger partial charge in [-0.3, -0.25) is 24.4 Å². The fourth-order valence-electron chi connectivity index (χ4n) is 5.27. The largest absolute Gasteiger partial charge is 0.388 e. The number of nitrogens with one attached hydrogen (secondary N) is 2. The number of carbonyl (C=O) groups excluding carboxylic acids is 2. The molecule has 1 aromatic carbocycles. The maximum absolute atomic E-state index is 14.2. The van der Waals surface area contributed by atoms with Gasteiger partial charge < -0.3 is 15.4 Å². The lowest BCUT2D eigenvalue weighted by molar-refractivity contribution is -0.112. The number of carbonyl (C=O) groups is 2. The van der Waals surface area contributed by atoms with E-state index in [9.17, 15) is 14.0 Å². The number of aryl methyl sites for hydroxylation is 1. The molecule has 9 nitrogen and oxygen atoms in total. The first kappa shape index (κ1) is 29.1. The molecule has 0 spiro atoms. The van der Waals surface area contributed by atoms with E-state index in [0.29, 0.717) is 23.4 Å². The van der Waals surface area contributed by atoms with Crippen LogP contribution in [0.15, 0.2) is 57.8 Å². The van der Waals surface area contributed by atoms with E-state index < -0.39 is 11.7 Å². The quantitative estimate of drug-likeness (QED) is 0.497. The minimum Gasteiger partial charge on any atom is -0.388 e. The van der Waals surface area contributed by atoms with E-state index in [-0.39, 0.29) is 11.7 Å². The van der Waals surface area contributed by atoms with Gasteiger partial charge in [0.25, 0.3) is 5.91 Å². The molecule has 3 aliphatic rings. The number of piperidine rings is 1. The van der Waals surface area contributed by atoms with Crippen LogP contribution in [0.1, 0.15) is 45.1 Å². The van der Waals surface area contributed by atoms with Crippen molar-refractivity contribution >= 4 is 41.7 Å². The number of aliphatic imine (C=N–C) groups is 2. The first-order chi connectivity index (χ1) is 19.3. The van der Waals surface area contributed by atoms with Crippen LogP contribution in [0.4, 0.5) is 15.8 Å². The lowest BCUT2D eigenvalue weighted by Gasteiger charge is -2.23. The summed E-state index contributed by atoms with van der Waals surface area (Å²) in [4.78, 5) is 34.6. The van der Waals surface area contributed by atoms with Gasteiger partial charge in [0.05, 0.1) is 35.7 Å². The van der Waals surface area contributed by atoms with Crippen LogP contribution < -0.4 is 10.6 Å². The second-order valence-corrected chi connectivity index (χ2v) is 10.4. The Balaban J connectivity index is 0.000000307. The third-order valence-electron chi connectivity index (χ3n) is 7.57. The molecular weight excluding hydrogens is 509 g/mol. The third-order valence-corrected chi connectivity index (χ3v) is 7.57. The van der Waals surface area contributed by atoms with Crippen LogP contribution in [-0.4, -0.2) is 71.5 Å². The molecule has 40 heavy (non-hydrogen) atoms. The summed E-state index contributed by atoms with van der Waals surface area (Å²) in [6.07, 6.45) is 14.6. The van der Waals surface area contributed by atoms with E-state index in [1.165, 1.54) is 38.1 Å². The van der Waals surface area contributed by atoms with E-state index in [1.54, 1.807) is 43.2 Å². The van der Waals surface area contributed by atoms with Crippen molar-refractivity contribution in [1.82, 2.24) is 14.7 Å². The van der Waals surface area contributed by atoms with Gasteiger partial charge in [-0.05, 0) is 68.4 Å². The zero-order chi connectivity index (χ0) is 28.6. The third kappa shape index (κ3) is 7.18. The summed E-state index contributed by atoms with van der Waals surface area (Å²) >= 11 is 0. The molecule has 1 aromatic heterocycles. The number of hydrogen-bond donors (Lipinski definition) is 2. The summed E-state index contributed by atoms with van der Waals surface area (Å²) in [7, 11) is 3.57. The standard InChI is InChI=1S/C22H25FN6O.C8H13NO/c1-5-16-8-20(15-11-27-29(4)13-15)26-10-14(2)18(12-25-16)22(30)28-21-9-17(24-3)6-7-19(21)23;10-4-3-9-6-7-1-2-8(9)5-7/h6-13,16,24H,5H2,1-4H3,(H,28,30);4,7-8H,1-3,5-6H2/b18-14-,20-8-,25-12?,26-10-;. The monoisotopic (exact) mass is 547 g/mol. The van der Waals surface area contributed by atoms with Crippen molar-refractivity contribution in [2.75, 3.05) is 30.8 Å². The summed E-state index contributed by atoms with van der Waals surface area (Å²) in [5, 5.41) is 9.76. The number of rotatable bonds is 7. The highest BCUT2D eigenvalue weighted by molar-refractivity contribution is 6.21. The number of likely N-dealkylation sites (tertiary alicyclic amines) is 1. The molecule has 2 N–H and O–H groups in total. The van der Waals surface area contributed by atoms with E-state index in [2.05, 4.69) is 30.6 Å². The Morgan fingerprint density at radius 1 is 1.25 bits per heavy atom. The van der Waals surface area contributed by atoms with Crippen LogP contribution in [0, 0.1) is 11.7 Å². The second-order valence-electron chi connectivity index (χ2n) is 10.4. The predicted molar refractivity (Wildman–Crippen MR) is 158 cm³/mol. The first-order valence-electron chi connectivity index (χ1n) is 13.8. The lowest BCUT2D eigenvalue weighted by atomic mass is 10.1. The number of aldehydes is 1. The topological polar surface area (TPSA) is 104 Å². The first-order valence-corrected chi connectivity index (χ1v) is 13.8. The van der Waals surface area contributed by atoms with Crippen LogP contribution in [0.25, 0.3) is 5.70 Å². The number of aromatic nitrogens is 2. The van der Waals surface area contributed by atoms with Gasteiger partial charge in [-0.1, -0.05) is 6.92 Å². The Kier molecular flexibility index (Phi) is 9.76. The van der Waals surface area contributed by atoms with E-state index in [0.717, 1.165) is 35.9 Å². The van der Waals surface area contributed by atoms with E-state index in [4.69, 9.17) is 0 Å². The van der Waals surface area contributed by atoms with Crippen LogP contribution in [0.3, 0.4) is 0 Å². The minimum atomic E-state index is -0.513. The highest BCUT2D eigenvalue weighted by atomic mass is 19.1. The molecule has 1 amide bonds. The molecule has 212 valence electrons. The molecule has 1 saturated heterocycles. The molecule has 2 aromatic rings. The fourth-order valence-corrected chi connectivity index (χ4v) is 5.27. The number of benzene rings is 1. The second kappa shape index (κ2) is 13.4. The summed E-state index contributed by atoms with van der Waals surface area (Å²) in [6.45, 7) is 5.64. The number of hydrogen-bond acceptors (Lipinski definition) is 7. The van der Waals surface area contributed by atoms with E-state index >= 15 is 0 Å². The van der Waals surface area contributed by atoms with Crippen molar-refractivity contribution < 1.29 is 14.0 Å². The maximum Gasteiger partial charge on any atom is 0.257 e. The molecule has 3 unspecified atom stereocenters. The van der Waals surface area contributed by atoms with Gasteiger partial charge in [-0.15, -0.1) is 0 Å². The molecule has 3 heterocycles. The van der Waals surface area contributed by atoms with Crippen molar-refractivity contribution in [3.8, 4) is 0 Å². The van der Waals surface area contributed by atoms with Gasteiger partial charge in [0.2, 0.25) is 0 Å². The molecule has 3 atom stereocenters. The zero-order valence-electron chi connectivity index (χ0n) is 23.6. The fraction of sp³-hybridized carbons (Fsp3) is 0.433. The molecule has 0 radical (unpaired) electrons. The molecular formula is C30H38FN7O2. The molecule has 5 rings (SSSR count). The summed E-state index contributed by atoms with van der Waals surface area (Å²) < 4.78 is 15.9. The molecule has 10 heteroatoms. The van der Waals surface area contributed by atoms with Crippen molar-refractivity contribution in [2.45, 2.75) is 51.6 Å². The van der Waals surface area contributed by atoms with Crippen LogP contribution in [-0.2, 0) is 16.6 Å². The summed E-state index contributed by atoms with van der Waals surface area (Å²) in [6, 6.07) is 5.05. The highest BCUT2D eigenvalue weighted by Crippen LogP contribution is 2.36. The number of nitrogens with zero attached hydrogens (tertiary/aromatic N) is 5. The number of amides is 1. The molecule has 2 bridgehead atoms. The minimum absolute atomic E-state index is 0.0959. The number of allylic oxidation sites excluding steroid dienone is 1. The van der Waals surface area contributed by atoms with Gasteiger partial charge in [-0.25, -0.2) is 4.39 Å². The van der Waals surface area contributed by atoms with Crippen molar-refractivity contribution in [1.29, 1.82) is 0 Å². The average molecular weight is 548 g/mol. The molecule has 2 fully saturated rings. The Labute approximate surface area is 235 Å². The Hall–Kier alpha value is -3.92. The number of anilines is 2. The normalized spacial score (nSPS) is 26.0. The van der Waals surface area contributed by atoms with Crippen LogP contribution in [0.5, 0.6) is 0 Å². The molecule has 2 aliphatic heterocycles. The van der Waals surface area contributed by atoms with Gasteiger partial charge in [0.15, 0.2) is 0 Å². The van der Waals surface area contributed by atoms with Gasteiger partial charge >= 0.3 is 0 Å². The average Bonchev–Trinajstić information content (AvgIpc) is 3.70. The Morgan fingerprint density at radius 3 is 2.70 bits per heavy atom. The van der Waals surface area contributed by atoms with Crippen molar-refractivity contribution in [2.24, 2.45) is 23.0 Å². The molecule has 1 saturated carbocycles. The van der Waals surface area contributed by atoms with Crippen LogP contribution >= 0.6 is 0 Å². The zero-order valence-corrected chi connectivity index (χ0v) is 23.6. The number of fused-ring (bicyclic) bond motifs is 2. The Morgan fingerprint density at radius 2 is 2.08 bits per heavy atom. The van der Waals surface area contributed by atoms with Crippen molar-refractivity contribution in [3.05, 3.63) is 59.2 Å². The van der Waals surface area contributed by atoms with E-state index in [1.807, 2.05) is 26.2 Å². The predicted octanol–water partition coefficient (Wildman–Crippen LogP) is 4.50.